The third-order valence-electron chi connectivity index (χ3n) is 4.64. The largest absolute Gasteiger partial charge is 0.467 e. The molecule has 1 atom stereocenters. The molecule has 1 fully saturated rings. The summed E-state index contributed by atoms with van der Waals surface area (Å²) in [4.78, 5) is 20.2. The van der Waals surface area contributed by atoms with Gasteiger partial charge in [-0.15, -0.1) is 0 Å². The molecule has 0 amide bonds. The number of piperidine rings is 1. The second kappa shape index (κ2) is 9.86. The predicted molar refractivity (Wildman–Crippen MR) is 121 cm³/mol. The molecule has 0 spiro atoms. The van der Waals surface area contributed by atoms with Crippen LogP contribution in [-0.4, -0.2) is 38.1 Å². The fourth-order valence-electron chi connectivity index (χ4n) is 3.24. The summed E-state index contributed by atoms with van der Waals surface area (Å²) < 4.78 is 5.32. The van der Waals surface area contributed by atoms with E-state index in [9.17, 15) is 0 Å². The first-order chi connectivity index (χ1) is 14.7. The molecule has 10 heteroatoms. The van der Waals surface area contributed by atoms with E-state index in [2.05, 4.69) is 37.4 Å². The van der Waals surface area contributed by atoms with Crippen LogP contribution in [0.25, 0.3) is 0 Å². The molecule has 1 aliphatic heterocycles. The summed E-state index contributed by atoms with van der Waals surface area (Å²) in [6.07, 6.45) is 7.47. The minimum atomic E-state index is 0.433. The molecule has 30 heavy (non-hydrogen) atoms. The van der Waals surface area contributed by atoms with E-state index in [0.29, 0.717) is 28.7 Å². The van der Waals surface area contributed by atoms with Gasteiger partial charge in [-0.1, -0.05) is 6.92 Å². The predicted octanol–water partition coefficient (Wildman–Crippen LogP) is 3.73. The van der Waals surface area contributed by atoms with Gasteiger partial charge in [-0.05, 0) is 60.9 Å². The number of rotatable bonds is 6. The van der Waals surface area contributed by atoms with Crippen LogP contribution in [0, 0.1) is 5.92 Å². The van der Waals surface area contributed by atoms with Crippen molar-refractivity contribution in [3.63, 3.8) is 0 Å². The van der Waals surface area contributed by atoms with Crippen molar-refractivity contribution < 1.29 is 4.42 Å². The van der Waals surface area contributed by atoms with Gasteiger partial charge < -0.3 is 20.0 Å². The molecule has 1 aliphatic rings. The standard InChI is InChI=1S/C20H23N7OS2/c1-14-5-2-9-27(13-14)16-11-17(30-20-21-7-4-8-22-20)25-18(24-16)26-19(29)23-12-15-6-3-10-28-15/h3-4,6-8,10-11,14H,2,5,9,12-13H2,1H3,(H2,23,24,25,26,29)/t14-/m0/s1. The monoisotopic (exact) mass is 441 g/mol. The van der Waals surface area contributed by atoms with Crippen LogP contribution < -0.4 is 15.5 Å². The topological polar surface area (TPSA) is 92.0 Å². The highest BCUT2D eigenvalue weighted by atomic mass is 32.2. The molecule has 3 aromatic rings. The number of hydrogen-bond acceptors (Lipinski definition) is 8. The van der Waals surface area contributed by atoms with Gasteiger partial charge in [-0.3, -0.25) is 0 Å². The van der Waals surface area contributed by atoms with E-state index in [4.69, 9.17) is 21.6 Å². The smallest absolute Gasteiger partial charge is 0.232 e. The Morgan fingerprint density at radius 2 is 2.17 bits per heavy atom. The van der Waals surface area contributed by atoms with Crippen molar-refractivity contribution in [2.75, 3.05) is 23.3 Å². The zero-order valence-electron chi connectivity index (χ0n) is 16.6. The highest BCUT2D eigenvalue weighted by Crippen LogP contribution is 2.29. The summed E-state index contributed by atoms with van der Waals surface area (Å²) >= 11 is 6.81. The SMILES string of the molecule is C[C@H]1CCCN(c2cc(Sc3ncccn3)nc(NC(=S)NCc3ccco3)n2)C1. The minimum absolute atomic E-state index is 0.433. The minimum Gasteiger partial charge on any atom is -0.467 e. The van der Waals surface area contributed by atoms with E-state index < -0.39 is 0 Å². The molecule has 2 N–H and O–H groups in total. The molecule has 3 aromatic heterocycles. The number of nitrogens with zero attached hydrogens (tertiary/aromatic N) is 5. The maximum atomic E-state index is 5.41. The molecule has 0 aliphatic carbocycles. The maximum absolute atomic E-state index is 5.41. The van der Waals surface area contributed by atoms with E-state index in [1.807, 2.05) is 18.2 Å². The van der Waals surface area contributed by atoms with Crippen LogP contribution in [0.5, 0.6) is 0 Å². The van der Waals surface area contributed by atoms with Gasteiger partial charge in [-0.2, -0.15) is 4.98 Å². The van der Waals surface area contributed by atoms with Gasteiger partial charge in [0.25, 0.3) is 0 Å². The number of furan rings is 1. The van der Waals surface area contributed by atoms with Gasteiger partial charge in [0.1, 0.15) is 16.6 Å². The first-order valence-electron chi connectivity index (χ1n) is 9.82. The molecule has 0 aromatic carbocycles. The zero-order valence-corrected chi connectivity index (χ0v) is 18.2. The number of nitrogens with one attached hydrogen (secondary N) is 2. The molecular formula is C20H23N7OS2. The highest BCUT2D eigenvalue weighted by molar-refractivity contribution is 7.99. The molecule has 0 radical (unpaired) electrons. The summed E-state index contributed by atoms with van der Waals surface area (Å²) in [6, 6.07) is 7.51. The lowest BCUT2D eigenvalue weighted by atomic mass is 10.0. The number of anilines is 2. The lowest BCUT2D eigenvalue weighted by Crippen LogP contribution is -2.35. The quantitative estimate of drug-likeness (QED) is 0.335. The molecule has 0 bridgehead atoms. The molecule has 4 heterocycles. The third-order valence-corrected chi connectivity index (χ3v) is 5.69. The van der Waals surface area contributed by atoms with E-state index >= 15 is 0 Å². The third kappa shape index (κ3) is 5.67. The van der Waals surface area contributed by atoms with Crippen molar-refractivity contribution in [1.29, 1.82) is 0 Å². The molecule has 4 rings (SSSR count). The first kappa shape index (κ1) is 20.5. The Morgan fingerprint density at radius 3 is 2.93 bits per heavy atom. The highest BCUT2D eigenvalue weighted by Gasteiger charge is 2.20. The number of thiocarbonyl (C=S) groups is 1. The summed E-state index contributed by atoms with van der Waals surface area (Å²) in [7, 11) is 0. The molecule has 156 valence electrons. The van der Waals surface area contributed by atoms with Crippen molar-refractivity contribution in [3.8, 4) is 0 Å². The van der Waals surface area contributed by atoms with Gasteiger partial charge in [0.2, 0.25) is 5.95 Å². The summed E-state index contributed by atoms with van der Waals surface area (Å²) in [6.45, 7) is 4.72. The van der Waals surface area contributed by atoms with Crippen molar-refractivity contribution in [2.45, 2.75) is 36.5 Å². The van der Waals surface area contributed by atoms with E-state index in [-0.39, 0.29) is 0 Å². The van der Waals surface area contributed by atoms with Gasteiger partial charge in [0.15, 0.2) is 10.3 Å². The maximum Gasteiger partial charge on any atom is 0.232 e. The van der Waals surface area contributed by atoms with Crippen LogP contribution in [0.2, 0.25) is 0 Å². The van der Waals surface area contributed by atoms with Crippen molar-refractivity contribution >= 4 is 40.9 Å². The average Bonchev–Trinajstić information content (AvgIpc) is 3.27. The second-order valence-electron chi connectivity index (χ2n) is 7.10. The van der Waals surface area contributed by atoms with Gasteiger partial charge in [-0.25, -0.2) is 15.0 Å². The lowest BCUT2D eigenvalue weighted by molar-refractivity contribution is 0.444. The van der Waals surface area contributed by atoms with Gasteiger partial charge in [0.05, 0.1) is 12.8 Å². The number of aromatic nitrogens is 4. The summed E-state index contributed by atoms with van der Waals surface area (Å²) in [5.41, 5.74) is 0. The number of hydrogen-bond donors (Lipinski definition) is 2. The van der Waals surface area contributed by atoms with Crippen molar-refractivity contribution in [3.05, 3.63) is 48.7 Å². The van der Waals surface area contributed by atoms with Crippen molar-refractivity contribution in [1.82, 2.24) is 25.3 Å². The molecule has 8 nitrogen and oxygen atoms in total. The van der Waals surface area contributed by atoms with Crippen LogP contribution in [0.15, 0.2) is 57.5 Å². The Balaban J connectivity index is 1.52. The second-order valence-corrected chi connectivity index (χ2v) is 8.50. The summed E-state index contributed by atoms with van der Waals surface area (Å²) in [5.74, 6) is 2.76. The lowest BCUT2D eigenvalue weighted by Gasteiger charge is -2.32. The van der Waals surface area contributed by atoms with E-state index in [1.54, 1.807) is 24.7 Å². The first-order valence-corrected chi connectivity index (χ1v) is 11.0. The Labute approximate surface area is 184 Å². The zero-order chi connectivity index (χ0) is 20.8. The van der Waals surface area contributed by atoms with Gasteiger partial charge >= 0.3 is 0 Å². The van der Waals surface area contributed by atoms with Crippen LogP contribution in [0.1, 0.15) is 25.5 Å². The fraction of sp³-hybridized carbons (Fsp3) is 0.350. The van der Waals surface area contributed by atoms with E-state index in [0.717, 1.165) is 36.1 Å². The van der Waals surface area contributed by atoms with E-state index in [1.165, 1.54) is 18.2 Å². The molecule has 1 saturated heterocycles. The Hall–Kier alpha value is -2.72. The molecular weight excluding hydrogens is 418 g/mol. The van der Waals surface area contributed by atoms with Crippen molar-refractivity contribution in [2.24, 2.45) is 5.92 Å². The van der Waals surface area contributed by atoms with Crippen LogP contribution in [-0.2, 0) is 6.54 Å². The Morgan fingerprint density at radius 1 is 1.30 bits per heavy atom. The van der Waals surface area contributed by atoms with Crippen LogP contribution in [0.3, 0.4) is 0 Å². The Kier molecular flexibility index (Phi) is 6.75. The molecule has 0 unspecified atom stereocenters. The van der Waals surface area contributed by atoms with Crippen LogP contribution >= 0.6 is 24.0 Å². The fourth-order valence-corrected chi connectivity index (χ4v) is 4.11. The van der Waals surface area contributed by atoms with Crippen LogP contribution in [0.4, 0.5) is 11.8 Å². The summed E-state index contributed by atoms with van der Waals surface area (Å²) in [5, 5.41) is 8.04. The average molecular weight is 442 g/mol. The molecule has 0 saturated carbocycles. The normalized spacial score (nSPS) is 16.3. The van der Waals surface area contributed by atoms with Gasteiger partial charge in [0, 0.05) is 31.5 Å². The Bertz CT molecular complexity index is 969.